The number of hydrogen-bond acceptors (Lipinski definition) is 5. The maximum atomic E-state index is 10.6. The van der Waals surface area contributed by atoms with E-state index in [0.29, 0.717) is 17.6 Å². The van der Waals surface area contributed by atoms with E-state index in [2.05, 4.69) is 4.98 Å². The standard InChI is InChI=1S/C12H7ClN2O4/c13-11-4-9(15(17)18)1-2-12(11)19-10-3-8(7-16)5-14-6-10/h1-7H. The molecule has 96 valence electrons. The van der Waals surface area contributed by atoms with Crippen molar-refractivity contribution in [1.82, 2.24) is 4.98 Å². The second-order valence-corrected chi connectivity index (χ2v) is 3.95. The molecule has 0 bridgehead atoms. The molecule has 0 radical (unpaired) electrons. The average Bonchev–Trinajstić information content (AvgIpc) is 2.41. The Hall–Kier alpha value is -2.47. The molecule has 0 spiro atoms. The van der Waals surface area contributed by atoms with Gasteiger partial charge in [0.15, 0.2) is 6.29 Å². The molecular weight excluding hydrogens is 272 g/mol. The van der Waals surface area contributed by atoms with Crippen molar-refractivity contribution in [3.8, 4) is 11.5 Å². The third-order valence-corrected chi connectivity index (χ3v) is 2.52. The van der Waals surface area contributed by atoms with Crippen molar-refractivity contribution >= 4 is 23.6 Å². The van der Waals surface area contributed by atoms with E-state index in [-0.39, 0.29) is 16.5 Å². The molecule has 0 saturated heterocycles. The van der Waals surface area contributed by atoms with Gasteiger partial charge in [-0.1, -0.05) is 11.6 Å². The van der Waals surface area contributed by atoms with Crippen molar-refractivity contribution in [2.45, 2.75) is 0 Å². The lowest BCUT2D eigenvalue weighted by Crippen LogP contribution is -1.91. The minimum absolute atomic E-state index is 0.103. The Morgan fingerprint density at radius 2 is 2.11 bits per heavy atom. The number of nitrogens with zero attached hydrogens (tertiary/aromatic N) is 2. The lowest BCUT2D eigenvalue weighted by atomic mass is 10.3. The molecule has 19 heavy (non-hydrogen) atoms. The van der Waals surface area contributed by atoms with Gasteiger partial charge in [-0.15, -0.1) is 0 Å². The fourth-order valence-corrected chi connectivity index (χ4v) is 1.58. The summed E-state index contributed by atoms with van der Waals surface area (Å²) in [5.41, 5.74) is 0.229. The van der Waals surface area contributed by atoms with E-state index < -0.39 is 4.92 Å². The number of rotatable bonds is 4. The van der Waals surface area contributed by atoms with Crippen LogP contribution in [-0.2, 0) is 0 Å². The Bertz CT molecular complexity index is 645. The minimum Gasteiger partial charge on any atom is -0.454 e. The van der Waals surface area contributed by atoms with Crippen molar-refractivity contribution in [3.63, 3.8) is 0 Å². The van der Waals surface area contributed by atoms with Crippen LogP contribution < -0.4 is 4.74 Å². The first-order valence-electron chi connectivity index (χ1n) is 5.12. The third-order valence-electron chi connectivity index (χ3n) is 2.22. The topological polar surface area (TPSA) is 82.3 Å². The van der Waals surface area contributed by atoms with Crippen LogP contribution in [0.1, 0.15) is 10.4 Å². The maximum absolute atomic E-state index is 10.6. The van der Waals surface area contributed by atoms with Gasteiger partial charge in [0.25, 0.3) is 5.69 Å². The van der Waals surface area contributed by atoms with Crippen LogP contribution in [-0.4, -0.2) is 16.2 Å². The summed E-state index contributed by atoms with van der Waals surface area (Å²) in [6.45, 7) is 0. The maximum Gasteiger partial charge on any atom is 0.271 e. The van der Waals surface area contributed by atoms with Gasteiger partial charge in [0.05, 0.1) is 16.1 Å². The first-order chi connectivity index (χ1) is 9.10. The molecule has 0 amide bonds. The highest BCUT2D eigenvalue weighted by atomic mass is 35.5. The van der Waals surface area contributed by atoms with Gasteiger partial charge in [0, 0.05) is 23.9 Å². The van der Waals surface area contributed by atoms with Gasteiger partial charge in [-0.3, -0.25) is 19.9 Å². The predicted molar refractivity (Wildman–Crippen MR) is 67.8 cm³/mol. The van der Waals surface area contributed by atoms with E-state index >= 15 is 0 Å². The molecular formula is C12H7ClN2O4. The molecule has 0 aliphatic heterocycles. The molecule has 0 fully saturated rings. The summed E-state index contributed by atoms with van der Waals surface area (Å²) in [6.07, 6.45) is 3.43. The second kappa shape index (κ2) is 5.45. The Balaban J connectivity index is 2.28. The van der Waals surface area contributed by atoms with Crippen LogP contribution in [0.4, 0.5) is 5.69 Å². The summed E-state index contributed by atoms with van der Waals surface area (Å²) in [7, 11) is 0. The molecule has 0 aliphatic rings. The lowest BCUT2D eigenvalue weighted by Gasteiger charge is -2.07. The smallest absolute Gasteiger partial charge is 0.271 e. The zero-order valence-electron chi connectivity index (χ0n) is 9.45. The number of nitro groups is 1. The van der Waals surface area contributed by atoms with Gasteiger partial charge in [0.2, 0.25) is 0 Å². The van der Waals surface area contributed by atoms with Gasteiger partial charge in [-0.2, -0.15) is 0 Å². The highest BCUT2D eigenvalue weighted by molar-refractivity contribution is 6.32. The van der Waals surface area contributed by atoms with E-state index in [1.807, 2.05) is 0 Å². The zero-order valence-corrected chi connectivity index (χ0v) is 10.2. The quantitative estimate of drug-likeness (QED) is 0.487. The summed E-state index contributed by atoms with van der Waals surface area (Å²) in [6, 6.07) is 5.33. The Morgan fingerprint density at radius 3 is 2.74 bits per heavy atom. The van der Waals surface area contributed by atoms with E-state index in [9.17, 15) is 14.9 Å². The molecule has 0 unspecified atom stereocenters. The number of benzene rings is 1. The first kappa shape index (κ1) is 13.0. The molecule has 0 atom stereocenters. The van der Waals surface area contributed by atoms with E-state index in [1.54, 1.807) is 0 Å². The number of carbonyl (C=O) groups is 1. The molecule has 6 nitrogen and oxygen atoms in total. The summed E-state index contributed by atoms with van der Waals surface area (Å²) >= 11 is 5.88. The molecule has 1 aromatic heterocycles. The summed E-state index contributed by atoms with van der Waals surface area (Å²) < 4.78 is 5.41. The minimum atomic E-state index is -0.551. The van der Waals surface area contributed by atoms with E-state index in [0.717, 1.165) is 0 Å². The fraction of sp³-hybridized carbons (Fsp3) is 0. The van der Waals surface area contributed by atoms with Crippen LogP contribution in [0, 0.1) is 10.1 Å². The molecule has 7 heteroatoms. The number of aldehydes is 1. The number of halogens is 1. The molecule has 0 aliphatic carbocycles. The number of non-ortho nitro benzene ring substituents is 1. The van der Waals surface area contributed by atoms with Crippen LogP contribution in [0.3, 0.4) is 0 Å². The van der Waals surface area contributed by atoms with E-state index in [1.165, 1.54) is 36.7 Å². The summed E-state index contributed by atoms with van der Waals surface area (Å²) in [5, 5.41) is 10.7. The van der Waals surface area contributed by atoms with Crippen molar-refractivity contribution < 1.29 is 14.5 Å². The Morgan fingerprint density at radius 1 is 1.32 bits per heavy atom. The lowest BCUT2D eigenvalue weighted by molar-refractivity contribution is -0.384. The predicted octanol–water partition coefficient (Wildman–Crippen LogP) is 3.25. The number of hydrogen-bond donors (Lipinski definition) is 0. The van der Waals surface area contributed by atoms with Crippen LogP contribution in [0.5, 0.6) is 11.5 Å². The molecule has 0 saturated carbocycles. The van der Waals surface area contributed by atoms with Crippen LogP contribution in [0.2, 0.25) is 5.02 Å². The zero-order chi connectivity index (χ0) is 13.8. The van der Waals surface area contributed by atoms with Crippen LogP contribution in [0.15, 0.2) is 36.7 Å². The van der Waals surface area contributed by atoms with Crippen molar-refractivity contribution in [3.05, 3.63) is 57.4 Å². The number of pyridine rings is 1. The van der Waals surface area contributed by atoms with Gasteiger partial charge in [-0.05, 0) is 12.1 Å². The Labute approximate surface area is 112 Å². The Kier molecular flexibility index (Phi) is 3.72. The summed E-state index contributed by atoms with van der Waals surface area (Å²) in [5.74, 6) is 0.567. The van der Waals surface area contributed by atoms with Gasteiger partial charge in [0.1, 0.15) is 11.5 Å². The SMILES string of the molecule is O=Cc1cncc(Oc2ccc([N+](=O)[O-])cc2Cl)c1. The monoisotopic (exact) mass is 278 g/mol. The fourth-order valence-electron chi connectivity index (χ4n) is 1.37. The van der Waals surface area contributed by atoms with Crippen molar-refractivity contribution in [2.75, 3.05) is 0 Å². The molecule has 1 aromatic carbocycles. The third kappa shape index (κ3) is 3.05. The number of nitro benzene ring substituents is 1. The molecule has 0 N–H and O–H groups in total. The van der Waals surface area contributed by atoms with E-state index in [4.69, 9.17) is 16.3 Å². The highest BCUT2D eigenvalue weighted by Gasteiger charge is 2.11. The second-order valence-electron chi connectivity index (χ2n) is 3.55. The molecule has 1 heterocycles. The first-order valence-corrected chi connectivity index (χ1v) is 5.50. The molecule has 2 aromatic rings. The van der Waals surface area contributed by atoms with Crippen molar-refractivity contribution in [2.24, 2.45) is 0 Å². The number of ether oxygens (including phenoxy) is 1. The largest absolute Gasteiger partial charge is 0.454 e. The van der Waals surface area contributed by atoms with Crippen LogP contribution in [0.25, 0.3) is 0 Å². The van der Waals surface area contributed by atoms with Gasteiger partial charge in [-0.25, -0.2) is 0 Å². The van der Waals surface area contributed by atoms with Gasteiger partial charge < -0.3 is 4.74 Å². The van der Waals surface area contributed by atoms with Crippen molar-refractivity contribution in [1.29, 1.82) is 0 Å². The average molecular weight is 279 g/mol. The summed E-state index contributed by atoms with van der Waals surface area (Å²) in [4.78, 5) is 24.4. The van der Waals surface area contributed by atoms with Gasteiger partial charge >= 0.3 is 0 Å². The normalized spacial score (nSPS) is 9.95. The molecule has 2 rings (SSSR count). The number of aromatic nitrogens is 1. The highest BCUT2D eigenvalue weighted by Crippen LogP contribution is 2.32. The number of carbonyl (C=O) groups excluding carboxylic acids is 1. The van der Waals surface area contributed by atoms with Crippen LogP contribution >= 0.6 is 11.6 Å².